The van der Waals surface area contributed by atoms with Gasteiger partial charge in [-0.05, 0) is 38.8 Å². The number of rotatable bonds is 6. The lowest BCUT2D eigenvalue weighted by molar-refractivity contribution is 0.0963. The van der Waals surface area contributed by atoms with Crippen LogP contribution in [0.3, 0.4) is 0 Å². The Morgan fingerprint density at radius 2 is 2.11 bits per heavy atom. The van der Waals surface area contributed by atoms with E-state index in [1.54, 1.807) is 4.90 Å². The molecule has 0 atom stereocenters. The van der Waals surface area contributed by atoms with Gasteiger partial charge in [-0.1, -0.05) is 6.07 Å². The highest BCUT2D eigenvalue weighted by atomic mass is 16.6. The van der Waals surface area contributed by atoms with E-state index in [0.29, 0.717) is 32.7 Å². The molecule has 1 saturated heterocycles. The Morgan fingerprint density at radius 3 is 2.86 bits per heavy atom. The van der Waals surface area contributed by atoms with Gasteiger partial charge in [-0.2, -0.15) is 0 Å². The molecule has 9 nitrogen and oxygen atoms in total. The Balaban J connectivity index is 1.51. The summed E-state index contributed by atoms with van der Waals surface area (Å²) in [6, 6.07) is 6.15. The molecule has 1 amide bonds. The molecule has 3 rings (SSSR count). The van der Waals surface area contributed by atoms with Crippen LogP contribution < -0.4 is 10.6 Å². The highest BCUT2D eigenvalue weighted by Crippen LogP contribution is 2.11. The summed E-state index contributed by atoms with van der Waals surface area (Å²) in [6.45, 7) is 7.09. The molecule has 1 fully saturated rings. The fourth-order valence-electron chi connectivity index (χ4n) is 3.26. The number of likely N-dealkylation sites (tertiary alicyclic amines) is 1. The Kier molecular flexibility index (Phi) is 7.05. The van der Waals surface area contributed by atoms with Crippen molar-refractivity contribution in [3.05, 3.63) is 30.2 Å². The molecule has 1 aliphatic rings. The summed E-state index contributed by atoms with van der Waals surface area (Å²) in [7, 11) is 0. The summed E-state index contributed by atoms with van der Waals surface area (Å²) in [5.41, 5.74) is 0.847. The summed E-state index contributed by atoms with van der Waals surface area (Å²) in [6.07, 6.45) is 4.20. The number of carbonyl (C=O) groups excluding carboxylic acids is 1. The van der Waals surface area contributed by atoms with Crippen LogP contribution in [0.25, 0.3) is 5.65 Å². The van der Waals surface area contributed by atoms with Crippen molar-refractivity contribution in [2.24, 2.45) is 4.99 Å². The second-order valence-electron chi connectivity index (χ2n) is 6.66. The van der Waals surface area contributed by atoms with Gasteiger partial charge in [0.1, 0.15) is 5.82 Å². The number of hydrogen-bond donors (Lipinski definition) is 2. The number of nitrogens with one attached hydrogen (secondary N) is 2. The molecule has 3 heterocycles. The van der Waals surface area contributed by atoms with Gasteiger partial charge in [-0.15, -0.1) is 10.2 Å². The molecule has 2 aromatic heterocycles. The van der Waals surface area contributed by atoms with Crippen molar-refractivity contribution in [3.63, 3.8) is 0 Å². The fraction of sp³-hybridized carbons (Fsp3) is 0.579. The van der Waals surface area contributed by atoms with Gasteiger partial charge in [0.15, 0.2) is 11.6 Å². The van der Waals surface area contributed by atoms with Gasteiger partial charge in [0.25, 0.3) is 0 Å². The lowest BCUT2D eigenvalue weighted by Gasteiger charge is -2.32. The van der Waals surface area contributed by atoms with Crippen molar-refractivity contribution in [2.75, 3.05) is 32.8 Å². The number of guanidine groups is 1. The number of carbonyl (C=O) groups is 1. The maximum atomic E-state index is 11.8. The number of piperidine rings is 1. The number of pyridine rings is 1. The first-order valence-electron chi connectivity index (χ1n) is 9.96. The first kappa shape index (κ1) is 19.9. The third kappa shape index (κ3) is 5.11. The third-order valence-electron chi connectivity index (χ3n) is 4.70. The topological polar surface area (TPSA) is 96.1 Å². The van der Waals surface area contributed by atoms with Crippen LogP contribution >= 0.6 is 0 Å². The van der Waals surface area contributed by atoms with E-state index in [9.17, 15) is 4.79 Å². The van der Waals surface area contributed by atoms with E-state index >= 15 is 0 Å². The van der Waals surface area contributed by atoms with E-state index in [-0.39, 0.29) is 12.1 Å². The zero-order chi connectivity index (χ0) is 19.8. The Bertz CT molecular complexity index is 796. The summed E-state index contributed by atoms with van der Waals surface area (Å²) in [5.74, 6) is 1.70. The molecule has 2 aromatic rings. The highest BCUT2D eigenvalue weighted by molar-refractivity contribution is 5.80. The monoisotopic (exact) mass is 387 g/mol. The van der Waals surface area contributed by atoms with Crippen LogP contribution in [0.1, 0.15) is 32.5 Å². The largest absolute Gasteiger partial charge is 0.450 e. The smallest absolute Gasteiger partial charge is 0.409 e. The summed E-state index contributed by atoms with van der Waals surface area (Å²) in [4.78, 5) is 18.3. The van der Waals surface area contributed by atoms with Crippen LogP contribution in [0.5, 0.6) is 0 Å². The highest BCUT2D eigenvalue weighted by Gasteiger charge is 2.24. The van der Waals surface area contributed by atoms with Gasteiger partial charge in [-0.3, -0.25) is 9.39 Å². The number of ether oxygens (including phenoxy) is 1. The first-order valence-corrected chi connectivity index (χ1v) is 9.96. The molecular formula is C19H29N7O2. The van der Waals surface area contributed by atoms with Crippen molar-refractivity contribution in [2.45, 2.75) is 39.2 Å². The van der Waals surface area contributed by atoms with E-state index in [0.717, 1.165) is 36.8 Å². The molecule has 9 heteroatoms. The van der Waals surface area contributed by atoms with Gasteiger partial charge in [-0.25, -0.2) is 4.79 Å². The Hall–Kier alpha value is -2.84. The van der Waals surface area contributed by atoms with Crippen LogP contribution in [-0.2, 0) is 11.2 Å². The van der Waals surface area contributed by atoms with Gasteiger partial charge < -0.3 is 20.3 Å². The lowest BCUT2D eigenvalue weighted by atomic mass is 10.1. The molecule has 28 heavy (non-hydrogen) atoms. The third-order valence-corrected chi connectivity index (χ3v) is 4.70. The minimum absolute atomic E-state index is 0.220. The molecule has 0 unspecified atom stereocenters. The number of aromatic nitrogens is 3. The average Bonchev–Trinajstić information content (AvgIpc) is 3.12. The van der Waals surface area contributed by atoms with Crippen LogP contribution in [0.2, 0.25) is 0 Å². The second kappa shape index (κ2) is 9.91. The lowest BCUT2D eigenvalue weighted by Crippen LogP contribution is -2.50. The minimum atomic E-state index is -0.220. The molecule has 0 aromatic carbocycles. The van der Waals surface area contributed by atoms with Crippen LogP contribution in [0.4, 0.5) is 4.79 Å². The van der Waals surface area contributed by atoms with Crippen molar-refractivity contribution < 1.29 is 9.53 Å². The number of amides is 1. The maximum absolute atomic E-state index is 11.8. The van der Waals surface area contributed by atoms with Gasteiger partial charge in [0.05, 0.1) is 6.61 Å². The van der Waals surface area contributed by atoms with E-state index in [2.05, 4.69) is 25.8 Å². The zero-order valence-corrected chi connectivity index (χ0v) is 16.6. The van der Waals surface area contributed by atoms with E-state index in [1.165, 1.54) is 0 Å². The van der Waals surface area contributed by atoms with Crippen molar-refractivity contribution in [3.8, 4) is 0 Å². The number of nitrogens with zero attached hydrogens (tertiary/aromatic N) is 5. The van der Waals surface area contributed by atoms with Crippen molar-refractivity contribution >= 4 is 17.7 Å². The predicted octanol–water partition coefficient (Wildman–Crippen LogP) is 1.45. The quantitative estimate of drug-likeness (QED) is 0.575. The SMILES string of the molecule is CCNC(=NCCc1nnc2ccccn12)NC1CCN(C(=O)OCC)CC1. The van der Waals surface area contributed by atoms with Crippen LogP contribution in [0, 0.1) is 0 Å². The maximum Gasteiger partial charge on any atom is 0.409 e. The molecule has 0 spiro atoms. The average molecular weight is 387 g/mol. The predicted molar refractivity (Wildman–Crippen MR) is 107 cm³/mol. The molecule has 0 radical (unpaired) electrons. The number of fused-ring (bicyclic) bond motifs is 1. The number of hydrogen-bond acceptors (Lipinski definition) is 5. The minimum Gasteiger partial charge on any atom is -0.450 e. The van der Waals surface area contributed by atoms with E-state index in [1.807, 2.05) is 42.6 Å². The number of aliphatic imine (C=N–C) groups is 1. The molecule has 0 saturated carbocycles. The standard InChI is InChI=1S/C19H29N7O2/c1-3-20-18(22-15-9-13-25(14-10-15)19(27)28-4-2)21-11-8-17-24-23-16-7-5-6-12-26(16)17/h5-7,12,15H,3-4,8-11,13-14H2,1-2H3,(H2,20,21,22). The molecule has 152 valence electrons. The van der Waals surface area contributed by atoms with Crippen molar-refractivity contribution in [1.29, 1.82) is 0 Å². The summed E-state index contributed by atoms with van der Waals surface area (Å²) < 4.78 is 7.06. The fourth-order valence-corrected chi connectivity index (χ4v) is 3.26. The van der Waals surface area contributed by atoms with E-state index in [4.69, 9.17) is 4.74 Å². The molecule has 0 aliphatic carbocycles. The van der Waals surface area contributed by atoms with Crippen molar-refractivity contribution in [1.82, 2.24) is 30.1 Å². The molecular weight excluding hydrogens is 358 g/mol. The van der Waals surface area contributed by atoms with Gasteiger partial charge >= 0.3 is 6.09 Å². The normalized spacial score (nSPS) is 15.6. The molecule has 0 bridgehead atoms. The zero-order valence-electron chi connectivity index (χ0n) is 16.6. The summed E-state index contributed by atoms with van der Waals surface area (Å²) >= 11 is 0. The van der Waals surface area contributed by atoms with Crippen LogP contribution in [-0.4, -0.2) is 70.4 Å². The molecule has 2 N–H and O–H groups in total. The Morgan fingerprint density at radius 1 is 1.29 bits per heavy atom. The molecule has 1 aliphatic heterocycles. The van der Waals surface area contributed by atoms with E-state index < -0.39 is 0 Å². The van der Waals surface area contributed by atoms with Gasteiger partial charge in [0, 0.05) is 44.8 Å². The first-order chi connectivity index (χ1) is 13.7. The Labute approximate surface area is 165 Å². The van der Waals surface area contributed by atoms with Gasteiger partial charge in [0.2, 0.25) is 0 Å². The second-order valence-corrected chi connectivity index (χ2v) is 6.66. The van der Waals surface area contributed by atoms with Crippen LogP contribution in [0.15, 0.2) is 29.4 Å². The summed E-state index contributed by atoms with van der Waals surface area (Å²) in [5, 5.41) is 15.2.